The van der Waals surface area contributed by atoms with Crippen molar-refractivity contribution in [3.05, 3.63) is 65.2 Å². The number of hydrogen-bond acceptors (Lipinski definition) is 3. The van der Waals surface area contributed by atoms with Crippen molar-refractivity contribution in [3.8, 4) is 6.07 Å². The number of hydrogen-bond donors (Lipinski definition) is 1. The van der Waals surface area contributed by atoms with Crippen molar-refractivity contribution in [2.45, 2.75) is 13.0 Å². The molecule has 0 radical (unpaired) electrons. The average molecular weight is 328 g/mol. The molecule has 23 heavy (non-hydrogen) atoms. The Morgan fingerprint density at radius 3 is 2.52 bits per heavy atom. The van der Waals surface area contributed by atoms with Gasteiger partial charge in [-0.1, -0.05) is 48.0 Å². The van der Waals surface area contributed by atoms with Gasteiger partial charge in [-0.05, 0) is 23.8 Å². The van der Waals surface area contributed by atoms with Crippen molar-refractivity contribution in [2.75, 3.05) is 5.32 Å². The number of nitrogens with one attached hydrogen (secondary N) is 1. The predicted molar refractivity (Wildman–Crippen MR) is 87.7 cm³/mol. The highest BCUT2D eigenvalue weighted by molar-refractivity contribution is 6.30. The fourth-order valence-corrected chi connectivity index (χ4v) is 2.15. The van der Waals surface area contributed by atoms with E-state index in [0.717, 1.165) is 10.5 Å². The van der Waals surface area contributed by atoms with E-state index in [1.54, 1.807) is 42.5 Å². The summed E-state index contributed by atoms with van der Waals surface area (Å²) in [6.45, 7) is 0.0910. The molecule has 0 heterocycles. The third-order valence-electron chi connectivity index (χ3n) is 3.04. The van der Waals surface area contributed by atoms with Crippen LogP contribution in [0.1, 0.15) is 12.0 Å². The van der Waals surface area contributed by atoms with Crippen molar-refractivity contribution in [1.82, 2.24) is 4.90 Å². The standard InChI is InChI=1S/C17H14ClN3O2/c18-14-7-4-8-15(11-14)20-17(23)21(16(22)9-10-19)12-13-5-2-1-3-6-13/h1-8,11H,9,12H2,(H,20,23). The molecule has 0 saturated carbocycles. The Balaban J connectivity index is 2.17. The van der Waals surface area contributed by atoms with E-state index in [1.165, 1.54) is 0 Å². The minimum Gasteiger partial charge on any atom is -0.307 e. The zero-order chi connectivity index (χ0) is 16.7. The third kappa shape index (κ3) is 4.83. The number of carbonyl (C=O) groups is 2. The van der Waals surface area contributed by atoms with Gasteiger partial charge in [-0.2, -0.15) is 5.26 Å². The first-order chi connectivity index (χ1) is 11.1. The van der Waals surface area contributed by atoms with Crippen LogP contribution in [0.5, 0.6) is 0 Å². The summed E-state index contributed by atoms with van der Waals surface area (Å²) in [5.41, 5.74) is 1.27. The zero-order valence-corrected chi connectivity index (χ0v) is 13.0. The molecule has 0 aliphatic heterocycles. The first kappa shape index (κ1) is 16.5. The van der Waals surface area contributed by atoms with Gasteiger partial charge in [0.15, 0.2) is 0 Å². The predicted octanol–water partition coefficient (Wildman–Crippen LogP) is 3.81. The lowest BCUT2D eigenvalue weighted by Crippen LogP contribution is -2.39. The molecule has 0 aliphatic carbocycles. The minimum atomic E-state index is -0.601. The fraction of sp³-hybridized carbons (Fsp3) is 0.118. The number of carbonyl (C=O) groups excluding carboxylic acids is 2. The zero-order valence-electron chi connectivity index (χ0n) is 12.2. The largest absolute Gasteiger partial charge is 0.328 e. The summed E-state index contributed by atoms with van der Waals surface area (Å²) in [5, 5.41) is 11.8. The van der Waals surface area contributed by atoms with Crippen LogP contribution < -0.4 is 5.32 Å². The second-order valence-electron chi connectivity index (χ2n) is 4.74. The Bertz CT molecular complexity index is 741. The molecular formula is C17H14ClN3O2. The van der Waals surface area contributed by atoms with E-state index >= 15 is 0 Å². The smallest absolute Gasteiger partial charge is 0.307 e. The summed E-state index contributed by atoms with van der Waals surface area (Å²) in [5.74, 6) is -0.559. The summed E-state index contributed by atoms with van der Waals surface area (Å²) in [6.07, 6.45) is -0.365. The highest BCUT2D eigenvalue weighted by Gasteiger charge is 2.21. The number of nitrogens with zero attached hydrogens (tertiary/aromatic N) is 2. The molecule has 0 aliphatic rings. The van der Waals surface area contributed by atoms with E-state index in [-0.39, 0.29) is 13.0 Å². The molecule has 0 unspecified atom stereocenters. The Hall–Kier alpha value is -2.84. The quantitative estimate of drug-likeness (QED) is 0.927. The number of benzene rings is 2. The highest BCUT2D eigenvalue weighted by atomic mass is 35.5. The molecule has 6 heteroatoms. The Kier molecular flexibility index (Phi) is 5.73. The lowest BCUT2D eigenvalue weighted by molar-refractivity contribution is -0.127. The number of imide groups is 1. The lowest BCUT2D eigenvalue weighted by atomic mass is 10.2. The van der Waals surface area contributed by atoms with E-state index in [9.17, 15) is 9.59 Å². The van der Waals surface area contributed by atoms with Gasteiger partial charge in [-0.15, -0.1) is 0 Å². The number of urea groups is 1. The van der Waals surface area contributed by atoms with Gasteiger partial charge in [0.2, 0.25) is 5.91 Å². The molecule has 2 aromatic rings. The van der Waals surface area contributed by atoms with Gasteiger partial charge >= 0.3 is 6.03 Å². The summed E-state index contributed by atoms with van der Waals surface area (Å²) in [7, 11) is 0. The molecule has 2 aromatic carbocycles. The molecule has 2 rings (SSSR count). The molecule has 5 nitrogen and oxygen atoms in total. The Morgan fingerprint density at radius 1 is 1.13 bits per heavy atom. The molecule has 1 N–H and O–H groups in total. The van der Waals surface area contributed by atoms with Crippen LogP contribution in [0.2, 0.25) is 5.02 Å². The van der Waals surface area contributed by atoms with E-state index in [2.05, 4.69) is 5.32 Å². The van der Waals surface area contributed by atoms with Gasteiger partial charge < -0.3 is 5.32 Å². The van der Waals surface area contributed by atoms with Crippen LogP contribution in [0.15, 0.2) is 54.6 Å². The Morgan fingerprint density at radius 2 is 1.87 bits per heavy atom. The number of anilines is 1. The molecule has 0 fully saturated rings. The first-order valence-electron chi connectivity index (χ1n) is 6.88. The normalized spacial score (nSPS) is 9.74. The minimum absolute atomic E-state index is 0.0910. The average Bonchev–Trinajstić information content (AvgIpc) is 2.53. The van der Waals surface area contributed by atoms with Crippen molar-refractivity contribution in [1.29, 1.82) is 5.26 Å². The summed E-state index contributed by atoms with van der Waals surface area (Å²) < 4.78 is 0. The second-order valence-corrected chi connectivity index (χ2v) is 5.18. The highest BCUT2D eigenvalue weighted by Crippen LogP contribution is 2.16. The van der Waals surface area contributed by atoms with E-state index in [0.29, 0.717) is 10.7 Å². The maximum Gasteiger partial charge on any atom is 0.328 e. The van der Waals surface area contributed by atoms with E-state index in [1.807, 2.05) is 18.2 Å². The lowest BCUT2D eigenvalue weighted by Gasteiger charge is -2.20. The first-order valence-corrected chi connectivity index (χ1v) is 7.25. The maximum atomic E-state index is 12.4. The molecule has 0 atom stereocenters. The van der Waals surface area contributed by atoms with E-state index < -0.39 is 11.9 Å². The van der Waals surface area contributed by atoms with Gasteiger partial charge in [-0.3, -0.25) is 9.69 Å². The second kappa shape index (κ2) is 7.97. The molecule has 3 amide bonds. The SMILES string of the molecule is N#CCC(=O)N(Cc1ccccc1)C(=O)Nc1cccc(Cl)c1. The van der Waals surface area contributed by atoms with E-state index in [4.69, 9.17) is 16.9 Å². The van der Waals surface area contributed by atoms with Crippen LogP contribution in [-0.4, -0.2) is 16.8 Å². The van der Waals surface area contributed by atoms with Crippen molar-refractivity contribution < 1.29 is 9.59 Å². The molecule has 116 valence electrons. The van der Waals surface area contributed by atoms with Crippen molar-refractivity contribution in [3.63, 3.8) is 0 Å². The van der Waals surface area contributed by atoms with Gasteiger partial charge in [0.05, 0.1) is 12.6 Å². The van der Waals surface area contributed by atoms with Gasteiger partial charge in [0.1, 0.15) is 6.42 Å². The number of amides is 3. The molecule has 0 spiro atoms. The third-order valence-corrected chi connectivity index (χ3v) is 3.27. The Labute approximate surface area is 139 Å². The molecule has 0 bridgehead atoms. The molecule has 0 aromatic heterocycles. The monoisotopic (exact) mass is 327 g/mol. The van der Waals surface area contributed by atoms with Crippen LogP contribution >= 0.6 is 11.6 Å². The van der Waals surface area contributed by atoms with Crippen molar-refractivity contribution >= 4 is 29.2 Å². The molecular weight excluding hydrogens is 314 g/mol. The van der Waals surface area contributed by atoms with Crippen LogP contribution in [-0.2, 0) is 11.3 Å². The van der Waals surface area contributed by atoms with Gasteiger partial charge in [0, 0.05) is 10.7 Å². The van der Waals surface area contributed by atoms with Crippen molar-refractivity contribution in [2.24, 2.45) is 0 Å². The summed E-state index contributed by atoms with van der Waals surface area (Å²) in [6, 6.07) is 16.9. The number of nitriles is 1. The van der Waals surface area contributed by atoms with Crippen LogP contribution in [0, 0.1) is 11.3 Å². The van der Waals surface area contributed by atoms with Gasteiger partial charge in [-0.25, -0.2) is 4.79 Å². The fourth-order valence-electron chi connectivity index (χ4n) is 1.96. The summed E-state index contributed by atoms with van der Waals surface area (Å²) in [4.78, 5) is 25.5. The van der Waals surface area contributed by atoms with Crippen LogP contribution in [0.3, 0.4) is 0 Å². The summed E-state index contributed by atoms with van der Waals surface area (Å²) >= 11 is 5.88. The topological polar surface area (TPSA) is 73.2 Å². The van der Waals surface area contributed by atoms with Crippen LogP contribution in [0.4, 0.5) is 10.5 Å². The maximum absolute atomic E-state index is 12.4. The number of halogens is 1. The van der Waals surface area contributed by atoms with Crippen LogP contribution in [0.25, 0.3) is 0 Å². The van der Waals surface area contributed by atoms with Gasteiger partial charge in [0.25, 0.3) is 0 Å². The number of rotatable bonds is 4. The molecule has 0 saturated heterocycles.